The quantitative estimate of drug-likeness (QED) is 0.688. The van der Waals surface area contributed by atoms with Crippen LogP contribution >= 0.6 is 0 Å². The molecule has 0 saturated carbocycles. The van der Waals surface area contributed by atoms with Gasteiger partial charge in [0.1, 0.15) is 0 Å². The number of hydrogen-bond donors (Lipinski definition) is 1. The van der Waals surface area contributed by atoms with Gasteiger partial charge in [0.05, 0.1) is 5.41 Å². The van der Waals surface area contributed by atoms with Gasteiger partial charge in [-0.2, -0.15) is 0 Å². The Bertz CT molecular complexity index is 783. The Balaban J connectivity index is 1.91. The first kappa shape index (κ1) is 21.5. The standard InChI is InChI=1S/C23H30N2O3/c1-6-25(17(2)3)20-14-12-19(13-15-20)24-21(26)16-28-22(27)23(4,5)18-10-8-7-9-11-18/h7-15,17H,6,16H2,1-5H3,(H,24,26). The highest BCUT2D eigenvalue weighted by Gasteiger charge is 2.31. The Morgan fingerprint density at radius 2 is 1.64 bits per heavy atom. The molecule has 2 aromatic rings. The minimum atomic E-state index is -0.816. The summed E-state index contributed by atoms with van der Waals surface area (Å²) in [4.78, 5) is 26.9. The summed E-state index contributed by atoms with van der Waals surface area (Å²) in [6.45, 7) is 10.6. The van der Waals surface area contributed by atoms with Crippen LogP contribution in [0.1, 0.15) is 40.2 Å². The van der Waals surface area contributed by atoms with Crippen LogP contribution in [-0.4, -0.2) is 31.1 Å². The first-order chi connectivity index (χ1) is 13.3. The molecule has 28 heavy (non-hydrogen) atoms. The summed E-state index contributed by atoms with van der Waals surface area (Å²) in [7, 11) is 0. The molecular weight excluding hydrogens is 352 g/mol. The van der Waals surface area contributed by atoms with Crippen molar-refractivity contribution in [3.8, 4) is 0 Å². The smallest absolute Gasteiger partial charge is 0.316 e. The molecule has 0 aliphatic carbocycles. The summed E-state index contributed by atoms with van der Waals surface area (Å²) < 4.78 is 5.25. The maximum atomic E-state index is 12.4. The molecule has 150 valence electrons. The van der Waals surface area contributed by atoms with Gasteiger partial charge in [0.25, 0.3) is 5.91 Å². The van der Waals surface area contributed by atoms with Crippen LogP contribution < -0.4 is 10.2 Å². The summed E-state index contributed by atoms with van der Waals surface area (Å²) >= 11 is 0. The van der Waals surface area contributed by atoms with E-state index in [0.29, 0.717) is 11.7 Å². The van der Waals surface area contributed by atoms with E-state index < -0.39 is 11.4 Å². The van der Waals surface area contributed by atoms with Gasteiger partial charge < -0.3 is 15.0 Å². The van der Waals surface area contributed by atoms with Crippen LogP contribution in [0.3, 0.4) is 0 Å². The lowest BCUT2D eigenvalue weighted by molar-refractivity contribution is -0.152. The van der Waals surface area contributed by atoms with Crippen molar-refractivity contribution in [1.29, 1.82) is 0 Å². The van der Waals surface area contributed by atoms with E-state index in [0.717, 1.165) is 17.8 Å². The molecule has 0 saturated heterocycles. The maximum Gasteiger partial charge on any atom is 0.316 e. The van der Waals surface area contributed by atoms with Crippen LogP contribution in [0.2, 0.25) is 0 Å². The molecule has 2 aromatic carbocycles. The van der Waals surface area contributed by atoms with Gasteiger partial charge in [0.15, 0.2) is 6.61 Å². The zero-order valence-electron chi connectivity index (χ0n) is 17.4. The summed E-state index contributed by atoms with van der Waals surface area (Å²) in [6.07, 6.45) is 0. The molecule has 0 spiro atoms. The third-order valence-electron chi connectivity index (χ3n) is 4.79. The summed E-state index contributed by atoms with van der Waals surface area (Å²) in [5, 5.41) is 2.77. The average Bonchev–Trinajstić information content (AvgIpc) is 2.68. The van der Waals surface area contributed by atoms with E-state index in [1.165, 1.54) is 0 Å². The second kappa shape index (κ2) is 9.40. The Morgan fingerprint density at radius 3 is 2.18 bits per heavy atom. The lowest BCUT2D eigenvalue weighted by Crippen LogP contribution is -2.33. The van der Waals surface area contributed by atoms with Crippen LogP contribution in [-0.2, 0) is 19.7 Å². The van der Waals surface area contributed by atoms with E-state index in [1.54, 1.807) is 13.8 Å². The Hall–Kier alpha value is -2.82. The number of hydrogen-bond acceptors (Lipinski definition) is 4. The molecule has 0 aromatic heterocycles. The van der Waals surface area contributed by atoms with Crippen LogP contribution in [0, 0.1) is 0 Å². The van der Waals surface area contributed by atoms with Gasteiger partial charge in [-0.1, -0.05) is 30.3 Å². The molecule has 0 bridgehead atoms. The number of anilines is 2. The number of ether oxygens (including phenoxy) is 1. The van der Waals surface area contributed by atoms with Crippen molar-refractivity contribution in [3.63, 3.8) is 0 Å². The van der Waals surface area contributed by atoms with Crippen LogP contribution in [0.4, 0.5) is 11.4 Å². The fourth-order valence-electron chi connectivity index (χ4n) is 3.06. The number of carbonyl (C=O) groups excluding carboxylic acids is 2. The molecule has 1 N–H and O–H groups in total. The van der Waals surface area contributed by atoms with E-state index in [4.69, 9.17) is 4.74 Å². The number of nitrogens with zero attached hydrogens (tertiary/aromatic N) is 1. The lowest BCUT2D eigenvalue weighted by Gasteiger charge is -2.27. The van der Waals surface area contributed by atoms with E-state index in [-0.39, 0.29) is 12.5 Å². The molecule has 0 unspecified atom stereocenters. The summed E-state index contributed by atoms with van der Waals surface area (Å²) in [6, 6.07) is 17.5. The summed E-state index contributed by atoms with van der Waals surface area (Å²) in [5.41, 5.74) is 1.81. The number of esters is 1. The molecule has 0 heterocycles. The predicted octanol–water partition coefficient (Wildman–Crippen LogP) is 4.38. The Morgan fingerprint density at radius 1 is 1.04 bits per heavy atom. The fraction of sp³-hybridized carbons (Fsp3) is 0.391. The van der Waals surface area contributed by atoms with Gasteiger partial charge >= 0.3 is 5.97 Å². The molecule has 0 aliphatic heterocycles. The molecule has 0 radical (unpaired) electrons. The number of nitrogens with one attached hydrogen (secondary N) is 1. The van der Waals surface area contributed by atoms with Crippen LogP contribution in [0.25, 0.3) is 0 Å². The van der Waals surface area contributed by atoms with E-state index in [2.05, 4.69) is 31.0 Å². The van der Waals surface area contributed by atoms with Gasteiger partial charge in [0.2, 0.25) is 0 Å². The largest absolute Gasteiger partial charge is 0.455 e. The molecule has 5 nitrogen and oxygen atoms in total. The number of carbonyl (C=O) groups is 2. The molecule has 1 amide bonds. The van der Waals surface area contributed by atoms with Crippen molar-refractivity contribution in [2.45, 2.75) is 46.1 Å². The number of rotatable bonds is 8. The Kier molecular flexibility index (Phi) is 7.21. The third kappa shape index (κ3) is 5.35. The first-order valence-electron chi connectivity index (χ1n) is 9.65. The minimum Gasteiger partial charge on any atom is -0.455 e. The highest BCUT2D eigenvalue weighted by molar-refractivity contribution is 5.93. The second-order valence-corrected chi connectivity index (χ2v) is 7.54. The van der Waals surface area contributed by atoms with Gasteiger partial charge in [-0.15, -0.1) is 0 Å². The number of benzene rings is 2. The SMILES string of the molecule is CCN(c1ccc(NC(=O)COC(=O)C(C)(C)c2ccccc2)cc1)C(C)C. The van der Waals surface area contributed by atoms with Crippen molar-refractivity contribution >= 4 is 23.3 Å². The molecule has 0 aliphatic rings. The normalized spacial score (nSPS) is 11.2. The zero-order chi connectivity index (χ0) is 20.7. The van der Waals surface area contributed by atoms with E-state index >= 15 is 0 Å². The maximum absolute atomic E-state index is 12.4. The van der Waals surface area contributed by atoms with Gasteiger partial charge in [0, 0.05) is 24.0 Å². The van der Waals surface area contributed by atoms with Crippen molar-refractivity contribution in [3.05, 3.63) is 60.2 Å². The van der Waals surface area contributed by atoms with Crippen molar-refractivity contribution in [1.82, 2.24) is 0 Å². The second-order valence-electron chi connectivity index (χ2n) is 7.54. The summed E-state index contributed by atoms with van der Waals surface area (Å²) in [5.74, 6) is -0.791. The van der Waals surface area contributed by atoms with Crippen LogP contribution in [0.15, 0.2) is 54.6 Å². The van der Waals surface area contributed by atoms with Gasteiger partial charge in [-0.25, -0.2) is 0 Å². The first-order valence-corrected chi connectivity index (χ1v) is 9.65. The fourth-order valence-corrected chi connectivity index (χ4v) is 3.06. The highest BCUT2D eigenvalue weighted by atomic mass is 16.5. The predicted molar refractivity (Wildman–Crippen MR) is 114 cm³/mol. The molecule has 0 fully saturated rings. The van der Waals surface area contributed by atoms with Gasteiger partial charge in [-0.3, -0.25) is 9.59 Å². The molecule has 2 rings (SSSR count). The topological polar surface area (TPSA) is 58.6 Å². The number of amides is 1. The highest BCUT2D eigenvalue weighted by Crippen LogP contribution is 2.24. The van der Waals surface area contributed by atoms with Crippen molar-refractivity contribution < 1.29 is 14.3 Å². The van der Waals surface area contributed by atoms with E-state index in [1.807, 2.05) is 54.6 Å². The van der Waals surface area contributed by atoms with E-state index in [9.17, 15) is 9.59 Å². The Labute approximate surface area is 167 Å². The molecule has 0 atom stereocenters. The lowest BCUT2D eigenvalue weighted by atomic mass is 9.85. The van der Waals surface area contributed by atoms with Crippen molar-refractivity contribution in [2.75, 3.05) is 23.4 Å². The third-order valence-corrected chi connectivity index (χ3v) is 4.79. The molecular formula is C23H30N2O3. The van der Waals surface area contributed by atoms with Crippen molar-refractivity contribution in [2.24, 2.45) is 0 Å². The van der Waals surface area contributed by atoms with Crippen LogP contribution in [0.5, 0.6) is 0 Å². The monoisotopic (exact) mass is 382 g/mol. The van der Waals surface area contributed by atoms with Gasteiger partial charge in [-0.05, 0) is 64.4 Å². The minimum absolute atomic E-state index is 0.316. The zero-order valence-corrected chi connectivity index (χ0v) is 17.4. The molecule has 5 heteroatoms. The average molecular weight is 383 g/mol.